The van der Waals surface area contributed by atoms with Gasteiger partial charge < -0.3 is 15.2 Å². The summed E-state index contributed by atoms with van der Waals surface area (Å²) < 4.78 is 11.2. The van der Waals surface area contributed by atoms with Crippen LogP contribution in [-0.4, -0.2) is 13.2 Å². The van der Waals surface area contributed by atoms with Gasteiger partial charge in [0.05, 0.1) is 0 Å². The molecule has 3 rings (SSSR count). The van der Waals surface area contributed by atoms with E-state index in [0.29, 0.717) is 19.1 Å². The largest absolute Gasteiger partial charge is 0.486 e. The lowest BCUT2D eigenvalue weighted by Crippen LogP contribution is -2.24. The summed E-state index contributed by atoms with van der Waals surface area (Å²) in [4.78, 5) is 0. The minimum absolute atomic E-state index is 0.140. The maximum Gasteiger partial charge on any atom is 0.161 e. The Balaban J connectivity index is 1.78. The summed E-state index contributed by atoms with van der Waals surface area (Å²) in [6.07, 6.45) is 6.53. The van der Waals surface area contributed by atoms with Crippen molar-refractivity contribution in [2.24, 2.45) is 11.7 Å². The van der Waals surface area contributed by atoms with Crippen molar-refractivity contribution in [2.75, 3.05) is 13.2 Å². The molecule has 98 valence electrons. The molecule has 0 bridgehead atoms. The third-order valence-electron chi connectivity index (χ3n) is 4.11. The summed E-state index contributed by atoms with van der Waals surface area (Å²) >= 11 is 0. The monoisotopic (exact) mass is 247 g/mol. The quantitative estimate of drug-likeness (QED) is 0.873. The highest BCUT2D eigenvalue weighted by molar-refractivity contribution is 5.44. The van der Waals surface area contributed by atoms with E-state index in [9.17, 15) is 0 Å². The molecule has 2 aliphatic rings. The molecule has 1 aliphatic heterocycles. The maximum absolute atomic E-state index is 6.41. The lowest BCUT2D eigenvalue weighted by molar-refractivity contribution is 0.171. The Morgan fingerprint density at radius 2 is 1.72 bits per heavy atom. The van der Waals surface area contributed by atoms with Crippen LogP contribution in [0.4, 0.5) is 0 Å². The molecule has 0 radical (unpaired) electrons. The molecular formula is C15H21NO2. The van der Waals surface area contributed by atoms with E-state index >= 15 is 0 Å². The number of ether oxygens (including phenoxy) is 2. The van der Waals surface area contributed by atoms with E-state index in [1.54, 1.807) is 0 Å². The van der Waals surface area contributed by atoms with Gasteiger partial charge in [-0.15, -0.1) is 0 Å². The Kier molecular flexibility index (Phi) is 3.41. The molecule has 0 amide bonds. The fraction of sp³-hybridized carbons (Fsp3) is 0.600. The van der Waals surface area contributed by atoms with Crippen LogP contribution in [0.15, 0.2) is 18.2 Å². The van der Waals surface area contributed by atoms with Gasteiger partial charge in [0.1, 0.15) is 13.2 Å². The number of rotatable bonds is 2. The van der Waals surface area contributed by atoms with Crippen molar-refractivity contribution >= 4 is 0 Å². The molecule has 2 N–H and O–H groups in total. The summed E-state index contributed by atoms with van der Waals surface area (Å²) in [5, 5.41) is 0. The number of nitrogens with two attached hydrogens (primary N) is 1. The first-order chi connectivity index (χ1) is 8.84. The van der Waals surface area contributed by atoms with Gasteiger partial charge in [0.2, 0.25) is 0 Å². The molecule has 0 saturated heterocycles. The molecule has 0 unspecified atom stereocenters. The van der Waals surface area contributed by atoms with Crippen molar-refractivity contribution in [1.82, 2.24) is 0 Å². The lowest BCUT2D eigenvalue weighted by atomic mass is 9.81. The number of hydrogen-bond acceptors (Lipinski definition) is 3. The predicted octanol–water partition coefficient (Wildman–Crippen LogP) is 3.04. The molecule has 1 heterocycles. The van der Waals surface area contributed by atoms with Crippen LogP contribution in [0.1, 0.15) is 43.7 Å². The van der Waals surface area contributed by atoms with Crippen LogP contribution >= 0.6 is 0 Å². The second-order valence-electron chi connectivity index (χ2n) is 5.33. The van der Waals surface area contributed by atoms with Crippen molar-refractivity contribution in [1.29, 1.82) is 0 Å². The van der Waals surface area contributed by atoms with Crippen LogP contribution in [0.25, 0.3) is 0 Å². The van der Waals surface area contributed by atoms with E-state index in [-0.39, 0.29) is 6.04 Å². The zero-order valence-corrected chi connectivity index (χ0v) is 10.7. The molecule has 1 aliphatic carbocycles. The third kappa shape index (κ3) is 2.32. The van der Waals surface area contributed by atoms with Gasteiger partial charge >= 0.3 is 0 Å². The normalized spacial score (nSPS) is 21.6. The fourth-order valence-electron chi connectivity index (χ4n) is 3.03. The molecule has 1 aromatic rings. The second-order valence-corrected chi connectivity index (χ2v) is 5.33. The highest BCUT2D eigenvalue weighted by Gasteiger charge is 2.23. The van der Waals surface area contributed by atoms with Crippen molar-refractivity contribution < 1.29 is 9.47 Å². The van der Waals surface area contributed by atoms with Crippen LogP contribution < -0.4 is 15.2 Å². The van der Waals surface area contributed by atoms with Crippen molar-refractivity contribution in [2.45, 2.75) is 38.1 Å². The smallest absolute Gasteiger partial charge is 0.161 e. The molecule has 1 fully saturated rings. The average Bonchev–Trinajstić information content (AvgIpc) is 2.47. The summed E-state index contributed by atoms with van der Waals surface area (Å²) in [5.74, 6) is 2.33. The SMILES string of the molecule is N[C@@H](c1ccc2c(c1)OCCO2)C1CCCCC1. The average molecular weight is 247 g/mol. The maximum atomic E-state index is 6.41. The fourth-order valence-corrected chi connectivity index (χ4v) is 3.03. The lowest BCUT2D eigenvalue weighted by Gasteiger charge is -2.28. The van der Waals surface area contributed by atoms with Crippen LogP contribution in [-0.2, 0) is 0 Å². The van der Waals surface area contributed by atoms with Gasteiger partial charge in [-0.3, -0.25) is 0 Å². The number of hydrogen-bond donors (Lipinski definition) is 1. The molecule has 3 nitrogen and oxygen atoms in total. The minimum atomic E-state index is 0.140. The van der Waals surface area contributed by atoms with Gasteiger partial charge in [-0.05, 0) is 36.5 Å². The van der Waals surface area contributed by atoms with E-state index in [0.717, 1.165) is 11.5 Å². The van der Waals surface area contributed by atoms with Crippen LogP contribution in [0, 0.1) is 5.92 Å². The molecule has 18 heavy (non-hydrogen) atoms. The molecular weight excluding hydrogens is 226 g/mol. The Morgan fingerprint density at radius 3 is 2.50 bits per heavy atom. The Bertz CT molecular complexity index is 413. The Hall–Kier alpha value is -1.22. The number of fused-ring (bicyclic) bond motifs is 1. The highest BCUT2D eigenvalue weighted by atomic mass is 16.6. The van der Waals surface area contributed by atoms with Gasteiger partial charge in [-0.25, -0.2) is 0 Å². The van der Waals surface area contributed by atoms with Crippen LogP contribution in [0.5, 0.6) is 11.5 Å². The minimum Gasteiger partial charge on any atom is -0.486 e. The second kappa shape index (κ2) is 5.19. The zero-order valence-electron chi connectivity index (χ0n) is 10.7. The summed E-state index contributed by atoms with van der Waals surface area (Å²) in [6, 6.07) is 6.29. The first-order valence-corrected chi connectivity index (χ1v) is 7.00. The van der Waals surface area contributed by atoms with Crippen LogP contribution in [0.2, 0.25) is 0 Å². The van der Waals surface area contributed by atoms with Gasteiger partial charge in [0.15, 0.2) is 11.5 Å². The molecule has 1 atom stereocenters. The molecule has 1 saturated carbocycles. The van der Waals surface area contributed by atoms with Crippen molar-refractivity contribution in [3.8, 4) is 11.5 Å². The van der Waals surface area contributed by atoms with Gasteiger partial charge in [-0.1, -0.05) is 25.3 Å². The van der Waals surface area contributed by atoms with Crippen molar-refractivity contribution in [3.05, 3.63) is 23.8 Å². The van der Waals surface area contributed by atoms with Crippen molar-refractivity contribution in [3.63, 3.8) is 0 Å². The molecule has 0 aromatic heterocycles. The van der Waals surface area contributed by atoms with Gasteiger partial charge in [0, 0.05) is 6.04 Å². The summed E-state index contributed by atoms with van der Waals surface area (Å²) in [6.45, 7) is 1.27. The number of benzene rings is 1. The van der Waals surface area contributed by atoms with Gasteiger partial charge in [-0.2, -0.15) is 0 Å². The summed E-state index contributed by atoms with van der Waals surface area (Å²) in [5.41, 5.74) is 7.59. The Morgan fingerprint density at radius 1 is 1.00 bits per heavy atom. The van der Waals surface area contributed by atoms with Crippen LogP contribution in [0.3, 0.4) is 0 Å². The van der Waals surface area contributed by atoms with E-state index in [1.807, 2.05) is 6.07 Å². The zero-order chi connectivity index (χ0) is 12.4. The third-order valence-corrected chi connectivity index (χ3v) is 4.11. The summed E-state index contributed by atoms with van der Waals surface area (Å²) in [7, 11) is 0. The first kappa shape index (κ1) is 11.8. The first-order valence-electron chi connectivity index (χ1n) is 7.00. The van der Waals surface area contributed by atoms with E-state index in [2.05, 4.69) is 12.1 Å². The molecule has 3 heteroatoms. The van der Waals surface area contributed by atoms with E-state index < -0.39 is 0 Å². The molecule has 0 spiro atoms. The highest BCUT2D eigenvalue weighted by Crippen LogP contribution is 2.37. The van der Waals surface area contributed by atoms with E-state index in [1.165, 1.54) is 37.7 Å². The topological polar surface area (TPSA) is 44.5 Å². The van der Waals surface area contributed by atoms with Gasteiger partial charge in [0.25, 0.3) is 0 Å². The standard InChI is InChI=1S/C15H21NO2/c16-15(11-4-2-1-3-5-11)12-6-7-13-14(10-12)18-9-8-17-13/h6-7,10-11,15H,1-5,8-9,16H2/t15-/m1/s1. The van der Waals surface area contributed by atoms with E-state index in [4.69, 9.17) is 15.2 Å². The Labute approximate surface area is 108 Å². The predicted molar refractivity (Wildman–Crippen MR) is 70.9 cm³/mol. The molecule has 1 aromatic carbocycles.